The third-order valence-electron chi connectivity index (χ3n) is 5.11. The lowest BCUT2D eigenvalue weighted by atomic mass is 9.98. The number of carbonyl (C=O) groups is 1. The standard InChI is InChI=1S/C22H21ClN2O/c1-13(2)14-4-3-5-15(8-14)18-10-20(18)22(26)25-17-7-6-16-11-24-12-21(23)19(16)9-17/h3-9,11-13,18,20H,10H2,1-2H3,(H,25,26). The molecule has 0 spiro atoms. The number of pyridine rings is 1. The van der Waals surface area contributed by atoms with E-state index in [1.807, 2.05) is 18.2 Å². The maximum atomic E-state index is 12.6. The molecule has 1 aromatic heterocycles. The second kappa shape index (κ2) is 6.73. The second-order valence-corrected chi connectivity index (χ2v) is 7.73. The molecule has 1 heterocycles. The maximum absolute atomic E-state index is 12.6. The van der Waals surface area contributed by atoms with Gasteiger partial charge in [-0.1, -0.05) is 55.8 Å². The number of carbonyl (C=O) groups excluding carboxylic acids is 1. The van der Waals surface area contributed by atoms with E-state index in [1.165, 1.54) is 11.1 Å². The zero-order valence-electron chi connectivity index (χ0n) is 14.9. The van der Waals surface area contributed by atoms with Crippen LogP contribution in [-0.4, -0.2) is 10.9 Å². The molecule has 2 aromatic carbocycles. The van der Waals surface area contributed by atoms with Crippen molar-refractivity contribution in [3.05, 3.63) is 71.0 Å². The van der Waals surface area contributed by atoms with Gasteiger partial charge in [0.1, 0.15) is 0 Å². The predicted molar refractivity (Wildman–Crippen MR) is 107 cm³/mol. The summed E-state index contributed by atoms with van der Waals surface area (Å²) in [5, 5.41) is 5.50. The van der Waals surface area contributed by atoms with Gasteiger partial charge >= 0.3 is 0 Å². The van der Waals surface area contributed by atoms with E-state index in [4.69, 9.17) is 11.6 Å². The number of amides is 1. The van der Waals surface area contributed by atoms with E-state index < -0.39 is 0 Å². The molecule has 3 nitrogen and oxygen atoms in total. The predicted octanol–water partition coefficient (Wildman–Crippen LogP) is 5.75. The van der Waals surface area contributed by atoms with Gasteiger partial charge in [0.15, 0.2) is 0 Å². The monoisotopic (exact) mass is 364 g/mol. The zero-order valence-corrected chi connectivity index (χ0v) is 15.6. The Balaban J connectivity index is 1.48. The van der Waals surface area contributed by atoms with E-state index in [9.17, 15) is 4.79 Å². The molecule has 132 valence electrons. The summed E-state index contributed by atoms with van der Waals surface area (Å²) in [6.07, 6.45) is 4.30. The zero-order chi connectivity index (χ0) is 18.3. The molecule has 1 saturated carbocycles. The average molecular weight is 365 g/mol. The second-order valence-electron chi connectivity index (χ2n) is 7.32. The number of anilines is 1. The molecule has 1 N–H and O–H groups in total. The third kappa shape index (κ3) is 3.32. The van der Waals surface area contributed by atoms with E-state index in [0.29, 0.717) is 16.9 Å². The lowest BCUT2D eigenvalue weighted by Crippen LogP contribution is -2.14. The van der Waals surface area contributed by atoms with Crippen molar-refractivity contribution in [3.63, 3.8) is 0 Å². The van der Waals surface area contributed by atoms with Gasteiger partial charge in [-0.15, -0.1) is 0 Å². The van der Waals surface area contributed by atoms with Gasteiger partial charge in [-0.3, -0.25) is 9.78 Å². The largest absolute Gasteiger partial charge is 0.326 e. The Labute approximate surface area is 158 Å². The SMILES string of the molecule is CC(C)c1cccc(C2CC2C(=O)Nc2ccc3cncc(Cl)c3c2)c1. The van der Waals surface area contributed by atoms with E-state index in [2.05, 4.69) is 48.4 Å². The van der Waals surface area contributed by atoms with Crippen LogP contribution in [0.4, 0.5) is 5.69 Å². The van der Waals surface area contributed by atoms with Crippen molar-refractivity contribution in [3.8, 4) is 0 Å². The first kappa shape index (κ1) is 17.0. The van der Waals surface area contributed by atoms with Gasteiger partial charge in [0.2, 0.25) is 5.91 Å². The summed E-state index contributed by atoms with van der Waals surface area (Å²) in [5.41, 5.74) is 3.37. The number of fused-ring (bicyclic) bond motifs is 1. The lowest BCUT2D eigenvalue weighted by molar-refractivity contribution is -0.117. The molecule has 0 saturated heterocycles. The van der Waals surface area contributed by atoms with Crippen molar-refractivity contribution in [1.29, 1.82) is 0 Å². The third-order valence-corrected chi connectivity index (χ3v) is 5.41. The Hall–Kier alpha value is -2.39. The van der Waals surface area contributed by atoms with Crippen molar-refractivity contribution in [2.24, 2.45) is 5.92 Å². The molecule has 0 aliphatic heterocycles. The minimum Gasteiger partial charge on any atom is -0.326 e. The van der Waals surface area contributed by atoms with Gasteiger partial charge in [0.05, 0.1) is 5.02 Å². The summed E-state index contributed by atoms with van der Waals surface area (Å²) in [7, 11) is 0. The minimum atomic E-state index is 0.0426. The number of benzene rings is 2. The lowest BCUT2D eigenvalue weighted by Gasteiger charge is -2.09. The molecule has 2 atom stereocenters. The van der Waals surface area contributed by atoms with Crippen molar-refractivity contribution in [2.75, 3.05) is 5.32 Å². The number of nitrogens with one attached hydrogen (secondary N) is 1. The van der Waals surface area contributed by atoms with Crippen molar-refractivity contribution < 1.29 is 4.79 Å². The Bertz CT molecular complexity index is 983. The number of rotatable bonds is 4. The maximum Gasteiger partial charge on any atom is 0.228 e. The Morgan fingerprint density at radius 2 is 2.04 bits per heavy atom. The van der Waals surface area contributed by atoms with Crippen LogP contribution < -0.4 is 5.32 Å². The fourth-order valence-electron chi connectivity index (χ4n) is 3.44. The topological polar surface area (TPSA) is 42.0 Å². The minimum absolute atomic E-state index is 0.0426. The van der Waals surface area contributed by atoms with E-state index in [1.54, 1.807) is 12.4 Å². The summed E-state index contributed by atoms with van der Waals surface area (Å²) < 4.78 is 0. The Kier molecular flexibility index (Phi) is 4.41. The van der Waals surface area contributed by atoms with E-state index in [-0.39, 0.29) is 11.8 Å². The highest BCUT2D eigenvalue weighted by Crippen LogP contribution is 2.48. The smallest absolute Gasteiger partial charge is 0.228 e. The highest BCUT2D eigenvalue weighted by atomic mass is 35.5. The number of aromatic nitrogens is 1. The fraction of sp³-hybridized carbons (Fsp3) is 0.273. The van der Waals surface area contributed by atoms with Crippen LogP contribution in [0.5, 0.6) is 0 Å². The summed E-state index contributed by atoms with van der Waals surface area (Å²) >= 11 is 6.21. The van der Waals surface area contributed by atoms with Gasteiger partial charge in [-0.05, 0) is 41.5 Å². The van der Waals surface area contributed by atoms with Gasteiger partial charge < -0.3 is 5.32 Å². The molecule has 2 unspecified atom stereocenters. The van der Waals surface area contributed by atoms with Gasteiger partial charge in [0.25, 0.3) is 0 Å². The Morgan fingerprint density at radius 1 is 1.19 bits per heavy atom. The Morgan fingerprint density at radius 3 is 2.85 bits per heavy atom. The van der Waals surface area contributed by atoms with Crippen molar-refractivity contribution in [2.45, 2.75) is 32.1 Å². The molecule has 1 aliphatic rings. The molecular formula is C22H21ClN2O. The molecule has 1 fully saturated rings. The van der Waals surface area contributed by atoms with Crippen molar-refractivity contribution in [1.82, 2.24) is 4.98 Å². The van der Waals surface area contributed by atoms with Crippen LogP contribution in [0.25, 0.3) is 10.8 Å². The normalized spacial score (nSPS) is 18.9. The van der Waals surface area contributed by atoms with Gasteiger partial charge in [0, 0.05) is 34.8 Å². The summed E-state index contributed by atoms with van der Waals surface area (Å²) in [4.78, 5) is 16.7. The van der Waals surface area contributed by atoms with E-state index >= 15 is 0 Å². The molecule has 4 rings (SSSR count). The fourth-order valence-corrected chi connectivity index (χ4v) is 3.66. The first-order valence-electron chi connectivity index (χ1n) is 8.97. The van der Waals surface area contributed by atoms with Crippen LogP contribution in [0.2, 0.25) is 5.02 Å². The number of hydrogen-bond donors (Lipinski definition) is 1. The molecule has 0 bridgehead atoms. The summed E-state index contributed by atoms with van der Waals surface area (Å²) in [6, 6.07) is 14.4. The van der Waals surface area contributed by atoms with Crippen molar-refractivity contribution >= 4 is 34.0 Å². The first-order chi connectivity index (χ1) is 12.5. The molecule has 1 aliphatic carbocycles. The highest BCUT2D eigenvalue weighted by molar-refractivity contribution is 6.35. The molecule has 26 heavy (non-hydrogen) atoms. The van der Waals surface area contributed by atoms with Crippen LogP contribution >= 0.6 is 11.6 Å². The molecule has 0 radical (unpaired) electrons. The van der Waals surface area contributed by atoms with Crippen LogP contribution in [-0.2, 0) is 4.79 Å². The van der Waals surface area contributed by atoms with Crippen LogP contribution in [0.3, 0.4) is 0 Å². The first-order valence-corrected chi connectivity index (χ1v) is 9.34. The van der Waals surface area contributed by atoms with Crippen LogP contribution in [0.15, 0.2) is 54.9 Å². The molecular weight excluding hydrogens is 344 g/mol. The van der Waals surface area contributed by atoms with Gasteiger partial charge in [-0.25, -0.2) is 0 Å². The number of halogens is 1. The van der Waals surface area contributed by atoms with Crippen LogP contribution in [0.1, 0.15) is 43.2 Å². The molecule has 4 heteroatoms. The number of hydrogen-bond acceptors (Lipinski definition) is 2. The van der Waals surface area contributed by atoms with Crippen LogP contribution in [0, 0.1) is 5.92 Å². The quantitative estimate of drug-likeness (QED) is 0.640. The highest BCUT2D eigenvalue weighted by Gasteiger charge is 2.44. The van der Waals surface area contributed by atoms with Gasteiger partial charge in [-0.2, -0.15) is 0 Å². The summed E-state index contributed by atoms with van der Waals surface area (Å²) in [6.45, 7) is 4.38. The number of nitrogens with zero attached hydrogens (tertiary/aromatic N) is 1. The van der Waals surface area contributed by atoms with E-state index in [0.717, 1.165) is 22.9 Å². The summed E-state index contributed by atoms with van der Waals surface area (Å²) in [5.74, 6) is 0.940. The molecule has 3 aromatic rings. The average Bonchev–Trinajstić information content (AvgIpc) is 3.43. The molecule has 1 amide bonds.